The molecule has 0 bridgehead atoms. The molecule has 0 aliphatic heterocycles. The molecular formula is C9H13N5S2. The molecule has 2 rings (SSSR count). The highest BCUT2D eigenvalue weighted by molar-refractivity contribution is 7.11. The maximum Gasteiger partial charge on any atom is 0.0950 e. The molecule has 1 unspecified atom stereocenters. The molecule has 0 spiro atoms. The molecule has 0 saturated carbocycles. The zero-order valence-corrected chi connectivity index (χ0v) is 10.7. The molecule has 86 valence electrons. The van der Waals surface area contributed by atoms with E-state index in [4.69, 9.17) is 5.84 Å². The molecule has 0 aliphatic carbocycles. The average Bonchev–Trinajstić information content (AvgIpc) is 2.86. The number of nitrogens with zero attached hydrogens (tertiary/aromatic N) is 3. The standard InChI is InChI=1S/C9H13N5S2/c1-5-6(2)16-9(11-5)3-7(12-10)8-4-15-14-13-8/h4,7,12H,3,10H2,1-2H3. The van der Waals surface area contributed by atoms with Gasteiger partial charge in [-0.25, -0.2) is 4.98 Å². The van der Waals surface area contributed by atoms with Gasteiger partial charge in [0.25, 0.3) is 0 Å². The minimum atomic E-state index is -0.0105. The van der Waals surface area contributed by atoms with E-state index in [0.29, 0.717) is 0 Å². The van der Waals surface area contributed by atoms with Gasteiger partial charge in [0.15, 0.2) is 0 Å². The van der Waals surface area contributed by atoms with E-state index in [1.807, 2.05) is 12.3 Å². The monoisotopic (exact) mass is 255 g/mol. The number of nitrogens with one attached hydrogen (secondary N) is 1. The van der Waals surface area contributed by atoms with Crippen LogP contribution in [0.1, 0.15) is 27.3 Å². The zero-order valence-electron chi connectivity index (χ0n) is 9.10. The van der Waals surface area contributed by atoms with Gasteiger partial charge < -0.3 is 0 Å². The van der Waals surface area contributed by atoms with Gasteiger partial charge in [0, 0.05) is 16.7 Å². The largest absolute Gasteiger partial charge is 0.271 e. The summed E-state index contributed by atoms with van der Waals surface area (Å²) < 4.78 is 3.83. The SMILES string of the molecule is Cc1nc(CC(NN)c2csnn2)sc1C. The molecule has 5 nitrogen and oxygen atoms in total. The Balaban J connectivity index is 2.13. The minimum Gasteiger partial charge on any atom is -0.271 e. The minimum absolute atomic E-state index is 0.0105. The first-order valence-corrected chi connectivity index (χ1v) is 6.52. The number of aromatic nitrogens is 3. The summed E-state index contributed by atoms with van der Waals surface area (Å²) in [4.78, 5) is 5.74. The van der Waals surface area contributed by atoms with Crippen LogP contribution in [-0.2, 0) is 6.42 Å². The van der Waals surface area contributed by atoms with Gasteiger partial charge >= 0.3 is 0 Å². The first kappa shape index (κ1) is 11.6. The first-order chi connectivity index (χ1) is 7.70. The molecule has 3 N–H and O–H groups in total. The molecule has 0 fully saturated rings. The fourth-order valence-electron chi connectivity index (χ4n) is 1.37. The third-order valence-electron chi connectivity index (χ3n) is 2.39. The number of aryl methyl sites for hydroxylation is 2. The fourth-order valence-corrected chi connectivity index (χ4v) is 2.86. The van der Waals surface area contributed by atoms with Crippen LogP contribution in [0.2, 0.25) is 0 Å². The van der Waals surface area contributed by atoms with Crippen LogP contribution in [-0.4, -0.2) is 14.6 Å². The molecule has 7 heteroatoms. The molecule has 2 aromatic rings. The maximum absolute atomic E-state index is 5.52. The van der Waals surface area contributed by atoms with Gasteiger partial charge in [0.05, 0.1) is 22.4 Å². The number of rotatable bonds is 4. The summed E-state index contributed by atoms with van der Waals surface area (Å²) in [5, 5.41) is 6.99. The Morgan fingerprint density at radius 1 is 1.50 bits per heavy atom. The smallest absolute Gasteiger partial charge is 0.0950 e. The Morgan fingerprint density at radius 3 is 2.81 bits per heavy atom. The van der Waals surface area contributed by atoms with E-state index in [1.165, 1.54) is 16.4 Å². The van der Waals surface area contributed by atoms with Crippen molar-refractivity contribution in [1.82, 2.24) is 20.0 Å². The number of nitrogens with two attached hydrogens (primary N) is 1. The van der Waals surface area contributed by atoms with Crippen molar-refractivity contribution < 1.29 is 0 Å². The van der Waals surface area contributed by atoms with Crippen LogP contribution in [0.5, 0.6) is 0 Å². The Hall–Kier alpha value is -0.890. The topological polar surface area (TPSA) is 76.7 Å². The highest BCUT2D eigenvalue weighted by atomic mass is 32.1. The van der Waals surface area contributed by atoms with Gasteiger partial charge in [-0.15, -0.1) is 16.4 Å². The van der Waals surface area contributed by atoms with Crippen molar-refractivity contribution in [3.63, 3.8) is 0 Å². The van der Waals surface area contributed by atoms with E-state index in [-0.39, 0.29) is 6.04 Å². The summed E-state index contributed by atoms with van der Waals surface area (Å²) in [5.74, 6) is 5.52. The van der Waals surface area contributed by atoms with Crippen molar-refractivity contribution in [2.24, 2.45) is 5.84 Å². The van der Waals surface area contributed by atoms with E-state index in [1.54, 1.807) is 11.3 Å². The van der Waals surface area contributed by atoms with Gasteiger partial charge in [-0.1, -0.05) is 4.49 Å². The van der Waals surface area contributed by atoms with Crippen LogP contribution < -0.4 is 11.3 Å². The normalized spacial score (nSPS) is 12.9. The maximum atomic E-state index is 5.52. The predicted molar refractivity (Wildman–Crippen MR) is 65.3 cm³/mol. The molecule has 1 atom stereocenters. The van der Waals surface area contributed by atoms with E-state index < -0.39 is 0 Å². The lowest BCUT2D eigenvalue weighted by molar-refractivity contribution is 0.536. The lowest BCUT2D eigenvalue weighted by atomic mass is 10.2. The molecule has 0 aliphatic rings. The van der Waals surface area contributed by atoms with Gasteiger partial charge in [0.1, 0.15) is 0 Å². The van der Waals surface area contributed by atoms with Crippen LogP contribution in [0.15, 0.2) is 5.38 Å². The summed E-state index contributed by atoms with van der Waals surface area (Å²) in [5.41, 5.74) is 4.72. The van der Waals surface area contributed by atoms with Crippen molar-refractivity contribution in [2.45, 2.75) is 26.3 Å². The third-order valence-corrected chi connectivity index (χ3v) is 4.00. The summed E-state index contributed by atoms with van der Waals surface area (Å²) in [6.07, 6.45) is 0.751. The summed E-state index contributed by atoms with van der Waals surface area (Å²) in [6, 6.07) is -0.0105. The summed E-state index contributed by atoms with van der Waals surface area (Å²) in [6.45, 7) is 4.09. The number of hydrogen-bond donors (Lipinski definition) is 2. The summed E-state index contributed by atoms with van der Waals surface area (Å²) in [7, 11) is 0. The quantitative estimate of drug-likeness (QED) is 0.637. The number of hydrazine groups is 1. The van der Waals surface area contributed by atoms with Crippen LogP contribution in [0.3, 0.4) is 0 Å². The first-order valence-electron chi connectivity index (χ1n) is 4.86. The van der Waals surface area contributed by atoms with Crippen molar-refractivity contribution >= 4 is 22.9 Å². The van der Waals surface area contributed by atoms with Crippen molar-refractivity contribution in [3.05, 3.63) is 26.7 Å². The van der Waals surface area contributed by atoms with Gasteiger partial charge in [-0.3, -0.25) is 11.3 Å². The molecule has 2 heterocycles. The second kappa shape index (κ2) is 4.96. The van der Waals surface area contributed by atoms with Crippen molar-refractivity contribution in [3.8, 4) is 0 Å². The van der Waals surface area contributed by atoms with Gasteiger partial charge in [-0.2, -0.15) is 0 Å². The Bertz CT molecular complexity index is 431. The van der Waals surface area contributed by atoms with Crippen molar-refractivity contribution in [2.75, 3.05) is 0 Å². The number of hydrogen-bond acceptors (Lipinski definition) is 7. The summed E-state index contributed by atoms with van der Waals surface area (Å²) >= 11 is 3.03. The molecule has 0 amide bonds. The molecule has 16 heavy (non-hydrogen) atoms. The zero-order chi connectivity index (χ0) is 11.5. The Morgan fingerprint density at radius 2 is 2.31 bits per heavy atom. The average molecular weight is 255 g/mol. The van der Waals surface area contributed by atoms with E-state index in [2.05, 4.69) is 26.9 Å². The Kier molecular flexibility index (Phi) is 3.59. The Labute approximate surface area is 102 Å². The second-order valence-electron chi connectivity index (χ2n) is 3.50. The fraction of sp³-hybridized carbons (Fsp3) is 0.444. The predicted octanol–water partition coefficient (Wildman–Crippen LogP) is 1.36. The van der Waals surface area contributed by atoms with Crippen LogP contribution >= 0.6 is 22.9 Å². The van der Waals surface area contributed by atoms with Crippen LogP contribution in [0, 0.1) is 13.8 Å². The highest BCUT2D eigenvalue weighted by Crippen LogP contribution is 2.22. The van der Waals surface area contributed by atoms with Gasteiger partial charge in [0.2, 0.25) is 0 Å². The van der Waals surface area contributed by atoms with E-state index >= 15 is 0 Å². The van der Waals surface area contributed by atoms with E-state index in [0.717, 1.165) is 22.8 Å². The lowest BCUT2D eigenvalue weighted by Crippen LogP contribution is -2.29. The van der Waals surface area contributed by atoms with Crippen LogP contribution in [0.4, 0.5) is 0 Å². The molecule has 0 saturated heterocycles. The van der Waals surface area contributed by atoms with Gasteiger partial charge in [-0.05, 0) is 25.4 Å². The lowest BCUT2D eigenvalue weighted by Gasteiger charge is -2.10. The molecule has 0 aromatic carbocycles. The van der Waals surface area contributed by atoms with E-state index in [9.17, 15) is 0 Å². The molecule has 0 radical (unpaired) electrons. The van der Waals surface area contributed by atoms with Crippen LogP contribution in [0.25, 0.3) is 0 Å². The highest BCUT2D eigenvalue weighted by Gasteiger charge is 2.15. The third kappa shape index (κ3) is 2.43. The number of thiazole rings is 1. The van der Waals surface area contributed by atoms with Crippen molar-refractivity contribution in [1.29, 1.82) is 0 Å². The molecular weight excluding hydrogens is 242 g/mol. The second-order valence-corrected chi connectivity index (χ2v) is 5.40. The molecule has 2 aromatic heterocycles.